The van der Waals surface area contributed by atoms with Crippen LogP contribution < -0.4 is 10.5 Å². The number of nitrogens with two attached hydrogens (primary N) is 1. The number of amides is 1. The molecule has 0 aromatic heterocycles. The van der Waals surface area contributed by atoms with E-state index in [1.807, 2.05) is 0 Å². The van der Waals surface area contributed by atoms with Gasteiger partial charge in [-0.1, -0.05) is 11.6 Å². The molecule has 2 fully saturated rings. The molecule has 26 heavy (non-hydrogen) atoms. The van der Waals surface area contributed by atoms with Gasteiger partial charge in [-0.3, -0.25) is 19.8 Å². The van der Waals surface area contributed by atoms with Crippen LogP contribution in [-0.4, -0.2) is 54.2 Å². The summed E-state index contributed by atoms with van der Waals surface area (Å²) >= 11 is 6.01. The number of carbonyl (C=O) groups is 1. The first kappa shape index (κ1) is 18.9. The largest absolute Gasteiger partial charge is 0.492 e. The van der Waals surface area contributed by atoms with Crippen LogP contribution in [0, 0.1) is 10.1 Å². The summed E-state index contributed by atoms with van der Waals surface area (Å²) in [6.45, 7) is 3.92. The molecule has 2 aliphatic heterocycles. The Hall–Kier alpha value is -1.90. The molecule has 9 heteroatoms. The first-order valence-electron chi connectivity index (χ1n) is 8.67. The Morgan fingerprint density at radius 2 is 2.19 bits per heavy atom. The highest BCUT2D eigenvalue weighted by molar-refractivity contribution is 6.34. The van der Waals surface area contributed by atoms with Crippen LogP contribution in [-0.2, 0) is 4.74 Å². The fourth-order valence-electron chi connectivity index (χ4n) is 3.52. The second-order valence-electron chi connectivity index (χ2n) is 6.83. The highest BCUT2D eigenvalue weighted by Crippen LogP contribution is 2.36. The van der Waals surface area contributed by atoms with Gasteiger partial charge >= 0.3 is 0 Å². The van der Waals surface area contributed by atoms with E-state index in [2.05, 4.69) is 4.90 Å². The standard InChI is InChI=1S/C17H22ClN3O5/c18-15-13(21(23)24)8-12(16(19)22)9-14(15)25-6-3-5-20-10-17(11-20)4-1-2-7-26-17/h8-9H,1-7,10-11H2,(H2,19,22). The lowest BCUT2D eigenvalue weighted by Gasteiger charge is -2.51. The highest BCUT2D eigenvalue weighted by atomic mass is 35.5. The average molecular weight is 384 g/mol. The van der Waals surface area contributed by atoms with E-state index in [1.54, 1.807) is 0 Å². The SMILES string of the molecule is NC(=O)c1cc(OCCCN2CC3(CCCCO3)C2)c(Cl)c([N+](=O)[O-])c1. The fourth-order valence-corrected chi connectivity index (χ4v) is 3.75. The number of hydrogen-bond donors (Lipinski definition) is 1. The predicted molar refractivity (Wildman–Crippen MR) is 95.7 cm³/mol. The van der Waals surface area contributed by atoms with Crippen molar-refractivity contribution in [1.82, 2.24) is 4.90 Å². The minimum absolute atomic E-state index is 0.00441. The average Bonchev–Trinajstić information content (AvgIpc) is 2.58. The van der Waals surface area contributed by atoms with Crippen molar-refractivity contribution in [3.05, 3.63) is 32.8 Å². The first-order chi connectivity index (χ1) is 12.4. The number of nitrogens with zero attached hydrogens (tertiary/aromatic N) is 2. The van der Waals surface area contributed by atoms with Crippen molar-refractivity contribution >= 4 is 23.2 Å². The second kappa shape index (κ2) is 7.77. The number of nitro benzene ring substituents is 1. The molecule has 0 atom stereocenters. The molecule has 1 amide bonds. The number of nitro groups is 1. The Kier molecular flexibility index (Phi) is 5.64. The Bertz CT molecular complexity index is 698. The summed E-state index contributed by atoms with van der Waals surface area (Å²) in [5.74, 6) is -0.668. The third-order valence-corrected chi connectivity index (χ3v) is 5.22. The molecule has 2 saturated heterocycles. The van der Waals surface area contributed by atoms with Gasteiger partial charge in [-0.15, -0.1) is 0 Å². The van der Waals surface area contributed by atoms with Crippen molar-refractivity contribution in [2.24, 2.45) is 5.73 Å². The number of ether oxygens (including phenoxy) is 2. The quantitative estimate of drug-likeness (QED) is 0.440. The number of likely N-dealkylation sites (tertiary alicyclic amines) is 1. The number of benzene rings is 1. The summed E-state index contributed by atoms with van der Waals surface area (Å²) in [6.07, 6.45) is 4.23. The zero-order chi connectivity index (χ0) is 18.7. The second-order valence-corrected chi connectivity index (χ2v) is 7.21. The van der Waals surface area contributed by atoms with Gasteiger partial charge in [0.1, 0.15) is 5.75 Å². The fraction of sp³-hybridized carbons (Fsp3) is 0.588. The van der Waals surface area contributed by atoms with E-state index in [-0.39, 0.29) is 21.9 Å². The van der Waals surface area contributed by atoms with Crippen molar-refractivity contribution < 1.29 is 19.2 Å². The third-order valence-electron chi connectivity index (χ3n) is 4.84. The number of primary amides is 1. The molecule has 0 radical (unpaired) electrons. The van der Waals surface area contributed by atoms with Gasteiger partial charge in [-0.2, -0.15) is 0 Å². The zero-order valence-electron chi connectivity index (χ0n) is 14.4. The molecule has 0 aliphatic carbocycles. The molecule has 1 aromatic carbocycles. The lowest BCUT2D eigenvalue weighted by atomic mass is 9.86. The number of carbonyl (C=O) groups excluding carboxylic acids is 1. The molecule has 0 saturated carbocycles. The van der Waals surface area contributed by atoms with E-state index in [0.29, 0.717) is 6.61 Å². The summed E-state index contributed by atoms with van der Waals surface area (Å²) in [6, 6.07) is 2.40. The first-order valence-corrected chi connectivity index (χ1v) is 9.05. The molecule has 1 spiro atoms. The van der Waals surface area contributed by atoms with Gasteiger partial charge in [-0.05, 0) is 31.7 Å². The monoisotopic (exact) mass is 383 g/mol. The van der Waals surface area contributed by atoms with Crippen molar-refractivity contribution in [1.29, 1.82) is 0 Å². The van der Waals surface area contributed by atoms with Crippen LogP contribution in [0.5, 0.6) is 5.75 Å². The number of rotatable bonds is 7. The molecule has 2 N–H and O–H groups in total. The molecule has 0 unspecified atom stereocenters. The van der Waals surface area contributed by atoms with E-state index in [4.69, 9.17) is 26.8 Å². The van der Waals surface area contributed by atoms with Gasteiger partial charge in [0.15, 0.2) is 5.02 Å². The molecule has 2 aliphatic rings. The van der Waals surface area contributed by atoms with Gasteiger partial charge in [-0.25, -0.2) is 0 Å². The summed E-state index contributed by atoms with van der Waals surface area (Å²) in [4.78, 5) is 24.0. The van der Waals surface area contributed by atoms with Gasteiger partial charge in [0.05, 0.1) is 17.1 Å². The molecule has 2 heterocycles. The minimum atomic E-state index is -0.770. The van der Waals surface area contributed by atoms with E-state index in [1.165, 1.54) is 12.5 Å². The maximum atomic E-state index is 11.3. The molecular formula is C17H22ClN3O5. The summed E-state index contributed by atoms with van der Waals surface area (Å²) in [7, 11) is 0. The van der Waals surface area contributed by atoms with Crippen molar-refractivity contribution in [3.63, 3.8) is 0 Å². The lowest BCUT2D eigenvalue weighted by molar-refractivity contribution is -0.384. The zero-order valence-corrected chi connectivity index (χ0v) is 15.2. The van der Waals surface area contributed by atoms with Crippen molar-refractivity contribution in [3.8, 4) is 5.75 Å². The molecule has 1 aromatic rings. The van der Waals surface area contributed by atoms with Crippen LogP contribution >= 0.6 is 11.6 Å². The van der Waals surface area contributed by atoms with Gasteiger partial charge in [0.2, 0.25) is 5.91 Å². The van der Waals surface area contributed by atoms with Crippen LogP contribution in [0.4, 0.5) is 5.69 Å². The van der Waals surface area contributed by atoms with Crippen LogP contribution in [0.15, 0.2) is 12.1 Å². The summed E-state index contributed by atoms with van der Waals surface area (Å²) in [5.41, 5.74) is 4.87. The van der Waals surface area contributed by atoms with Gasteiger partial charge in [0, 0.05) is 37.9 Å². The maximum absolute atomic E-state index is 11.3. The Labute approximate surface area is 156 Å². The molecular weight excluding hydrogens is 362 g/mol. The van der Waals surface area contributed by atoms with Gasteiger partial charge in [0.25, 0.3) is 5.69 Å². The van der Waals surface area contributed by atoms with E-state index >= 15 is 0 Å². The van der Waals surface area contributed by atoms with E-state index in [0.717, 1.165) is 51.6 Å². The molecule has 8 nitrogen and oxygen atoms in total. The number of hydrogen-bond acceptors (Lipinski definition) is 6. The smallest absolute Gasteiger partial charge is 0.292 e. The lowest BCUT2D eigenvalue weighted by Crippen LogP contribution is -2.64. The third kappa shape index (κ3) is 4.08. The van der Waals surface area contributed by atoms with Crippen LogP contribution in [0.3, 0.4) is 0 Å². The van der Waals surface area contributed by atoms with Crippen molar-refractivity contribution in [2.75, 3.05) is 32.8 Å². The molecule has 142 valence electrons. The summed E-state index contributed by atoms with van der Waals surface area (Å²) < 4.78 is 11.5. The van der Waals surface area contributed by atoms with Crippen LogP contribution in [0.25, 0.3) is 0 Å². The van der Waals surface area contributed by atoms with Gasteiger partial charge < -0.3 is 15.2 Å². The molecule has 0 bridgehead atoms. The normalized spacial score (nSPS) is 19.1. The Morgan fingerprint density at radius 1 is 1.42 bits per heavy atom. The highest BCUT2D eigenvalue weighted by Gasteiger charge is 2.44. The Balaban J connectivity index is 1.50. The topological polar surface area (TPSA) is 108 Å². The van der Waals surface area contributed by atoms with Crippen LogP contribution in [0.1, 0.15) is 36.0 Å². The van der Waals surface area contributed by atoms with Crippen molar-refractivity contribution in [2.45, 2.75) is 31.3 Å². The Morgan fingerprint density at radius 3 is 2.81 bits per heavy atom. The number of halogens is 1. The maximum Gasteiger partial charge on any atom is 0.292 e. The predicted octanol–water partition coefficient (Wildman–Crippen LogP) is 2.37. The van der Waals surface area contributed by atoms with E-state index < -0.39 is 16.5 Å². The van der Waals surface area contributed by atoms with E-state index in [9.17, 15) is 14.9 Å². The minimum Gasteiger partial charge on any atom is -0.492 e. The molecule has 3 rings (SSSR count). The van der Waals surface area contributed by atoms with Crippen LogP contribution in [0.2, 0.25) is 5.02 Å². The summed E-state index contributed by atoms with van der Waals surface area (Å²) in [5, 5.41) is 10.9.